The molecule has 3 aromatic rings. The smallest absolute Gasteiger partial charge is 0.416 e. The van der Waals surface area contributed by atoms with E-state index in [9.17, 15) is 23.1 Å². The number of alkyl halides is 3. The van der Waals surface area contributed by atoms with E-state index in [2.05, 4.69) is 15.0 Å². The van der Waals surface area contributed by atoms with Crippen molar-refractivity contribution < 1.29 is 23.1 Å². The lowest BCUT2D eigenvalue weighted by atomic mass is 9.95. The number of aromatic hydroxyl groups is 1. The third-order valence-corrected chi connectivity index (χ3v) is 4.03. The van der Waals surface area contributed by atoms with Crippen molar-refractivity contribution in [3.05, 3.63) is 69.6 Å². The molecule has 1 N–H and O–H groups in total. The minimum atomic E-state index is -4.65. The molecule has 1 amide bonds. The van der Waals surface area contributed by atoms with Crippen molar-refractivity contribution in [3.8, 4) is 17.0 Å². The van der Waals surface area contributed by atoms with E-state index in [0.29, 0.717) is 28.1 Å². The number of rotatable bonds is 2. The number of hydrogen-bond acceptors (Lipinski definition) is 3. The highest BCUT2D eigenvalue weighted by atomic mass is 19.4. The number of aromatic nitrogens is 1. The normalized spacial score (nSPS) is 11.3. The maximum absolute atomic E-state index is 13.0. The zero-order valence-electron chi connectivity index (χ0n) is 13.8. The van der Waals surface area contributed by atoms with E-state index >= 15 is 0 Å². The van der Waals surface area contributed by atoms with Crippen molar-refractivity contribution in [2.75, 3.05) is 0 Å². The van der Waals surface area contributed by atoms with Gasteiger partial charge in [0.2, 0.25) is 11.8 Å². The van der Waals surface area contributed by atoms with Crippen LogP contribution in [0.4, 0.5) is 13.2 Å². The van der Waals surface area contributed by atoms with Gasteiger partial charge in [0.05, 0.1) is 11.1 Å². The van der Waals surface area contributed by atoms with Gasteiger partial charge in [0.1, 0.15) is 0 Å². The van der Waals surface area contributed by atoms with Crippen LogP contribution in [0.3, 0.4) is 0 Å². The summed E-state index contributed by atoms with van der Waals surface area (Å²) < 4.78 is 39.0. The highest BCUT2D eigenvalue weighted by Gasteiger charge is 2.31. The van der Waals surface area contributed by atoms with Crippen molar-refractivity contribution in [1.29, 1.82) is 0 Å². The number of aryl methyl sites for hydroxylation is 1. The Bertz CT molecular complexity index is 1120. The summed E-state index contributed by atoms with van der Waals surface area (Å²) in [6, 6.07) is 8.91. The molecule has 1 aromatic heterocycles. The number of benzene rings is 2. The second-order valence-electron chi connectivity index (χ2n) is 5.78. The quantitative estimate of drug-likeness (QED) is 0.371. The lowest BCUT2D eigenvalue weighted by molar-refractivity contribution is -0.137. The third-order valence-electron chi connectivity index (χ3n) is 4.03. The summed E-state index contributed by atoms with van der Waals surface area (Å²) >= 11 is 0. The van der Waals surface area contributed by atoms with Gasteiger partial charge < -0.3 is 5.11 Å². The van der Waals surface area contributed by atoms with Crippen LogP contribution in [0, 0.1) is 6.92 Å². The molecule has 0 radical (unpaired) electrons. The zero-order chi connectivity index (χ0) is 19.8. The molecule has 6 nitrogen and oxygen atoms in total. The summed E-state index contributed by atoms with van der Waals surface area (Å²) in [5.41, 5.74) is 8.93. The Morgan fingerprint density at radius 2 is 1.93 bits per heavy atom. The van der Waals surface area contributed by atoms with Gasteiger partial charge in [-0.3, -0.25) is 4.79 Å². The molecule has 136 valence electrons. The van der Waals surface area contributed by atoms with Gasteiger partial charge in [-0.15, -0.1) is 0 Å². The predicted octanol–water partition coefficient (Wildman–Crippen LogP) is 5.39. The van der Waals surface area contributed by atoms with Gasteiger partial charge in [0.25, 0.3) is 0 Å². The summed E-state index contributed by atoms with van der Waals surface area (Å²) in [5, 5.41) is 13.2. The molecule has 3 rings (SSSR count). The molecular weight excluding hydrogens is 361 g/mol. The van der Waals surface area contributed by atoms with Crippen LogP contribution in [0.2, 0.25) is 0 Å². The van der Waals surface area contributed by atoms with E-state index in [1.54, 1.807) is 25.1 Å². The van der Waals surface area contributed by atoms with Gasteiger partial charge in [-0.1, -0.05) is 12.1 Å². The number of pyridine rings is 1. The van der Waals surface area contributed by atoms with Crippen molar-refractivity contribution in [2.24, 2.45) is 5.11 Å². The van der Waals surface area contributed by atoms with E-state index in [0.717, 1.165) is 12.1 Å². The number of halogens is 3. The lowest BCUT2D eigenvalue weighted by Gasteiger charge is -2.13. The van der Waals surface area contributed by atoms with Gasteiger partial charge in [-0.2, -0.15) is 13.2 Å². The Kier molecular flexibility index (Phi) is 4.47. The molecule has 0 spiro atoms. The molecule has 27 heavy (non-hydrogen) atoms. The van der Waals surface area contributed by atoms with E-state index < -0.39 is 17.6 Å². The average Bonchev–Trinajstić information content (AvgIpc) is 2.60. The first-order chi connectivity index (χ1) is 12.7. The number of nitrogens with zero attached hydrogens (tertiary/aromatic N) is 4. The van der Waals surface area contributed by atoms with Crippen LogP contribution < -0.4 is 0 Å². The first-order valence-corrected chi connectivity index (χ1v) is 7.62. The molecule has 0 saturated carbocycles. The van der Waals surface area contributed by atoms with Gasteiger partial charge in [-0.05, 0) is 58.5 Å². The third kappa shape index (κ3) is 3.54. The molecule has 1 heterocycles. The highest BCUT2D eigenvalue weighted by Crippen LogP contribution is 2.35. The molecule has 0 fully saturated rings. The Morgan fingerprint density at radius 3 is 2.59 bits per heavy atom. The summed E-state index contributed by atoms with van der Waals surface area (Å²) in [5.74, 6) is -1.26. The number of amides is 1. The Morgan fingerprint density at radius 1 is 1.19 bits per heavy atom. The lowest BCUT2D eigenvalue weighted by Crippen LogP contribution is -2.08. The highest BCUT2D eigenvalue weighted by molar-refractivity contribution is 6.02. The second kappa shape index (κ2) is 6.62. The monoisotopic (exact) mass is 372 g/mol. The van der Waals surface area contributed by atoms with Crippen LogP contribution in [0.5, 0.6) is 5.88 Å². The molecule has 0 saturated heterocycles. The summed E-state index contributed by atoms with van der Waals surface area (Å²) in [6.45, 7) is 1.74. The summed E-state index contributed by atoms with van der Waals surface area (Å²) in [6.07, 6.45) is -4.65. The van der Waals surface area contributed by atoms with Crippen LogP contribution >= 0.6 is 0 Å². The van der Waals surface area contributed by atoms with Crippen LogP contribution in [-0.2, 0) is 6.18 Å². The molecule has 9 heteroatoms. The first kappa shape index (κ1) is 18.2. The molecule has 0 unspecified atom stereocenters. The van der Waals surface area contributed by atoms with Crippen molar-refractivity contribution in [3.63, 3.8) is 0 Å². The van der Waals surface area contributed by atoms with E-state index in [1.165, 1.54) is 6.07 Å². The fraction of sp³-hybridized carbons (Fsp3) is 0.111. The molecule has 0 aliphatic heterocycles. The van der Waals surface area contributed by atoms with Crippen LogP contribution in [0.1, 0.15) is 21.5 Å². The van der Waals surface area contributed by atoms with Crippen molar-refractivity contribution in [2.45, 2.75) is 13.1 Å². The topological polar surface area (TPSA) is 99.0 Å². The van der Waals surface area contributed by atoms with E-state index in [1.807, 2.05) is 0 Å². The largest absolute Gasteiger partial charge is 0.493 e. The summed E-state index contributed by atoms with van der Waals surface area (Å²) in [4.78, 5) is 18.4. The number of carbonyl (C=O) groups is 1. The minimum Gasteiger partial charge on any atom is -0.493 e. The Hall–Kier alpha value is -3.58. The second-order valence-corrected chi connectivity index (χ2v) is 5.78. The SMILES string of the molecule is Cc1cc(O)nc2ccc(-c3ccc(C(F)(F)F)cc3C(=O)N=[N+]=[N-])cc12. The van der Waals surface area contributed by atoms with Crippen LogP contribution in [-0.4, -0.2) is 16.0 Å². The van der Waals surface area contributed by atoms with Gasteiger partial charge in [-0.25, -0.2) is 4.98 Å². The van der Waals surface area contributed by atoms with Crippen LogP contribution in [0.15, 0.2) is 47.6 Å². The Labute approximate surface area is 150 Å². The fourth-order valence-corrected chi connectivity index (χ4v) is 2.79. The fourth-order valence-electron chi connectivity index (χ4n) is 2.79. The van der Waals surface area contributed by atoms with Gasteiger partial charge in [0.15, 0.2) is 0 Å². The number of fused-ring (bicyclic) bond motifs is 1. The number of hydrogen-bond donors (Lipinski definition) is 1. The standard InChI is InChI=1S/C18H11F3N4O2/c1-9-6-16(26)23-15-5-2-10(7-13(9)15)12-4-3-11(18(19,20)21)8-14(12)17(27)24-25-22/h2-8H,1H3,(H,23,26). The van der Waals surface area contributed by atoms with Crippen molar-refractivity contribution in [1.82, 2.24) is 4.98 Å². The number of carbonyl (C=O) groups excluding carboxylic acids is 1. The molecule has 0 aliphatic rings. The first-order valence-electron chi connectivity index (χ1n) is 7.62. The zero-order valence-corrected chi connectivity index (χ0v) is 13.8. The minimum absolute atomic E-state index is 0.151. The van der Waals surface area contributed by atoms with E-state index in [-0.39, 0.29) is 17.0 Å². The molecule has 0 atom stereocenters. The number of azide groups is 1. The van der Waals surface area contributed by atoms with Crippen LogP contribution in [0.25, 0.3) is 32.5 Å². The molecule has 0 aliphatic carbocycles. The molecule has 0 bridgehead atoms. The summed E-state index contributed by atoms with van der Waals surface area (Å²) in [7, 11) is 0. The molecular formula is C18H11F3N4O2. The van der Waals surface area contributed by atoms with E-state index in [4.69, 9.17) is 5.53 Å². The molecule has 2 aromatic carbocycles. The Balaban J connectivity index is 2.25. The average molecular weight is 372 g/mol. The van der Waals surface area contributed by atoms with Gasteiger partial charge >= 0.3 is 6.18 Å². The maximum Gasteiger partial charge on any atom is 0.416 e. The van der Waals surface area contributed by atoms with Crippen molar-refractivity contribution >= 4 is 16.8 Å². The predicted molar refractivity (Wildman–Crippen MR) is 92.1 cm³/mol. The van der Waals surface area contributed by atoms with Gasteiger partial charge in [0, 0.05) is 21.9 Å². The maximum atomic E-state index is 13.0.